The molecule has 154 valence electrons. The molecule has 4 bridgehead atoms. The van der Waals surface area contributed by atoms with Gasteiger partial charge in [-0.15, -0.1) is 0 Å². The van der Waals surface area contributed by atoms with E-state index in [0.717, 1.165) is 23.3 Å². The minimum absolute atomic E-state index is 0.106. The van der Waals surface area contributed by atoms with Gasteiger partial charge in [0.05, 0.1) is 0 Å². The first-order chi connectivity index (χ1) is 13.3. The van der Waals surface area contributed by atoms with Crippen molar-refractivity contribution in [3.63, 3.8) is 0 Å². The van der Waals surface area contributed by atoms with E-state index in [9.17, 15) is 17.8 Å². The summed E-state index contributed by atoms with van der Waals surface area (Å²) in [6.07, 6.45) is 8.71. The van der Waals surface area contributed by atoms with E-state index < -0.39 is 15.4 Å². The van der Waals surface area contributed by atoms with Crippen LogP contribution in [0.3, 0.4) is 0 Å². The van der Waals surface area contributed by atoms with Crippen molar-refractivity contribution in [1.82, 2.24) is 5.32 Å². The molecule has 4 saturated carbocycles. The third-order valence-corrected chi connectivity index (χ3v) is 8.57. The summed E-state index contributed by atoms with van der Waals surface area (Å²) in [6.45, 7) is 2.12. The second-order valence-corrected chi connectivity index (χ2v) is 11.1. The Balaban J connectivity index is 1.37. The van der Waals surface area contributed by atoms with Crippen molar-refractivity contribution in [2.75, 3.05) is 0 Å². The van der Waals surface area contributed by atoms with Crippen LogP contribution in [0.2, 0.25) is 0 Å². The maximum Gasteiger partial charge on any atom is 0.271 e. The van der Waals surface area contributed by atoms with E-state index >= 15 is 0 Å². The van der Waals surface area contributed by atoms with Crippen LogP contribution in [0.25, 0.3) is 0 Å². The monoisotopic (exact) mass is 405 g/mol. The van der Waals surface area contributed by atoms with Crippen LogP contribution in [0.5, 0.6) is 0 Å². The summed E-state index contributed by atoms with van der Waals surface area (Å²) < 4.78 is 32.6. The summed E-state index contributed by atoms with van der Waals surface area (Å²) in [7, 11) is -4.13. The SMILES string of the molecule is CCC(c1cccc(CNC(=O)CC23CC4CC(CC(C4)C2)C3)c1)S(=O)(=O)O. The topological polar surface area (TPSA) is 83.5 Å². The molecule has 4 fully saturated rings. The van der Waals surface area contributed by atoms with Gasteiger partial charge in [-0.1, -0.05) is 31.2 Å². The van der Waals surface area contributed by atoms with Crippen molar-refractivity contribution in [2.24, 2.45) is 23.2 Å². The van der Waals surface area contributed by atoms with Crippen LogP contribution in [0, 0.1) is 23.2 Å². The molecule has 0 aliphatic heterocycles. The number of hydrogen-bond acceptors (Lipinski definition) is 3. The smallest absolute Gasteiger partial charge is 0.271 e. The fourth-order valence-corrected chi connectivity index (χ4v) is 7.54. The summed E-state index contributed by atoms with van der Waals surface area (Å²) in [4.78, 5) is 12.7. The minimum atomic E-state index is -4.13. The second-order valence-electron chi connectivity index (χ2n) is 9.53. The Bertz CT molecular complexity index is 813. The summed E-state index contributed by atoms with van der Waals surface area (Å²) >= 11 is 0. The van der Waals surface area contributed by atoms with Crippen LogP contribution in [0.1, 0.15) is 74.7 Å². The standard InChI is InChI=1S/C22H31NO4S/c1-2-20(28(25,26)27)19-5-3-4-15(9-19)14-23-21(24)13-22-10-16-6-17(11-22)8-18(7-16)12-22/h3-5,9,16-18,20H,2,6-8,10-14H2,1H3,(H,23,24)(H,25,26,27). The highest BCUT2D eigenvalue weighted by molar-refractivity contribution is 7.86. The van der Waals surface area contributed by atoms with Crippen molar-refractivity contribution in [1.29, 1.82) is 0 Å². The average Bonchev–Trinajstić information content (AvgIpc) is 2.58. The quantitative estimate of drug-likeness (QED) is 0.664. The van der Waals surface area contributed by atoms with Gasteiger partial charge in [0, 0.05) is 13.0 Å². The molecule has 28 heavy (non-hydrogen) atoms. The zero-order chi connectivity index (χ0) is 19.9. The first-order valence-corrected chi connectivity index (χ1v) is 12.1. The molecule has 0 saturated heterocycles. The molecule has 1 unspecified atom stereocenters. The van der Waals surface area contributed by atoms with Crippen molar-refractivity contribution in [3.8, 4) is 0 Å². The molecule has 6 heteroatoms. The molecular weight excluding hydrogens is 374 g/mol. The molecule has 5 nitrogen and oxygen atoms in total. The van der Waals surface area contributed by atoms with E-state index in [0.29, 0.717) is 24.9 Å². The number of carbonyl (C=O) groups is 1. The van der Waals surface area contributed by atoms with Gasteiger partial charge < -0.3 is 5.32 Å². The number of nitrogens with one attached hydrogen (secondary N) is 1. The van der Waals surface area contributed by atoms with E-state index in [4.69, 9.17) is 0 Å². The maximum absolute atomic E-state index is 12.7. The van der Waals surface area contributed by atoms with Crippen molar-refractivity contribution in [3.05, 3.63) is 35.4 Å². The summed E-state index contributed by atoms with van der Waals surface area (Å²) in [5.41, 5.74) is 1.65. The average molecular weight is 406 g/mol. The van der Waals surface area contributed by atoms with Crippen LogP contribution in [-0.4, -0.2) is 18.9 Å². The third kappa shape index (κ3) is 4.13. The van der Waals surface area contributed by atoms with E-state index in [-0.39, 0.29) is 11.3 Å². The van der Waals surface area contributed by atoms with Crippen LogP contribution in [0.15, 0.2) is 24.3 Å². The molecule has 4 aliphatic carbocycles. The molecule has 0 spiro atoms. The fraction of sp³-hybridized carbons (Fsp3) is 0.682. The van der Waals surface area contributed by atoms with Crippen molar-refractivity contribution < 1.29 is 17.8 Å². The Morgan fingerprint density at radius 1 is 1.18 bits per heavy atom. The molecule has 1 aromatic rings. The van der Waals surface area contributed by atoms with E-state index in [1.54, 1.807) is 25.1 Å². The predicted octanol–water partition coefficient (Wildman–Crippen LogP) is 4.25. The Labute approximate surface area is 168 Å². The predicted molar refractivity (Wildman–Crippen MR) is 108 cm³/mol. The lowest BCUT2D eigenvalue weighted by atomic mass is 9.49. The maximum atomic E-state index is 12.7. The number of benzene rings is 1. The number of carbonyl (C=O) groups excluding carboxylic acids is 1. The first kappa shape index (κ1) is 19.9. The zero-order valence-corrected chi connectivity index (χ0v) is 17.4. The lowest BCUT2D eigenvalue weighted by Gasteiger charge is -2.56. The molecular formula is C22H31NO4S. The van der Waals surface area contributed by atoms with Gasteiger partial charge in [-0.2, -0.15) is 8.42 Å². The van der Waals surface area contributed by atoms with Crippen LogP contribution in [-0.2, 0) is 21.5 Å². The van der Waals surface area contributed by atoms with Crippen molar-refractivity contribution in [2.45, 2.75) is 70.1 Å². The molecule has 5 rings (SSSR count). The summed E-state index contributed by atoms with van der Waals surface area (Å²) in [6, 6.07) is 7.14. The molecule has 1 amide bonds. The second kappa shape index (κ2) is 7.45. The van der Waals surface area contributed by atoms with E-state index in [1.165, 1.54) is 38.5 Å². The third-order valence-electron chi connectivity index (χ3n) is 7.24. The number of amides is 1. The summed E-state index contributed by atoms with van der Waals surface area (Å²) in [5, 5.41) is 2.12. The highest BCUT2D eigenvalue weighted by Gasteiger charge is 2.51. The number of rotatable bonds is 7. The molecule has 1 aromatic carbocycles. The van der Waals surface area contributed by atoms with Gasteiger partial charge in [-0.05, 0) is 79.2 Å². The molecule has 1 atom stereocenters. The Kier molecular flexibility index (Phi) is 5.29. The highest BCUT2D eigenvalue weighted by atomic mass is 32.2. The molecule has 0 radical (unpaired) electrons. The largest absolute Gasteiger partial charge is 0.352 e. The normalized spacial score (nSPS) is 32.3. The molecule has 4 aliphatic rings. The molecule has 2 N–H and O–H groups in total. The highest BCUT2D eigenvalue weighted by Crippen LogP contribution is 2.61. The fourth-order valence-electron chi connectivity index (χ4n) is 6.63. The van der Waals surface area contributed by atoms with Gasteiger partial charge in [-0.3, -0.25) is 9.35 Å². The van der Waals surface area contributed by atoms with Crippen LogP contribution >= 0.6 is 0 Å². The van der Waals surface area contributed by atoms with Gasteiger partial charge >= 0.3 is 0 Å². The zero-order valence-electron chi connectivity index (χ0n) is 16.6. The Morgan fingerprint density at radius 2 is 1.79 bits per heavy atom. The van der Waals surface area contributed by atoms with Gasteiger partial charge in [-0.25, -0.2) is 0 Å². The van der Waals surface area contributed by atoms with E-state index in [2.05, 4.69) is 5.32 Å². The van der Waals surface area contributed by atoms with Crippen molar-refractivity contribution >= 4 is 16.0 Å². The first-order valence-electron chi connectivity index (χ1n) is 10.6. The van der Waals surface area contributed by atoms with E-state index in [1.807, 2.05) is 6.07 Å². The lowest BCUT2D eigenvalue weighted by Crippen LogP contribution is -2.47. The summed E-state index contributed by atoms with van der Waals surface area (Å²) in [5.74, 6) is 2.61. The Morgan fingerprint density at radius 3 is 2.32 bits per heavy atom. The Hall–Kier alpha value is -1.40. The van der Waals surface area contributed by atoms with Crippen LogP contribution in [0.4, 0.5) is 0 Å². The lowest BCUT2D eigenvalue weighted by molar-refractivity contribution is -0.129. The minimum Gasteiger partial charge on any atom is -0.352 e. The molecule has 0 heterocycles. The van der Waals surface area contributed by atoms with Crippen LogP contribution < -0.4 is 5.32 Å². The van der Waals surface area contributed by atoms with Gasteiger partial charge in [0.25, 0.3) is 10.1 Å². The van der Waals surface area contributed by atoms with Gasteiger partial charge in [0.15, 0.2) is 0 Å². The van der Waals surface area contributed by atoms with Gasteiger partial charge in [0.1, 0.15) is 5.25 Å². The molecule has 0 aromatic heterocycles. The number of hydrogen-bond donors (Lipinski definition) is 2. The van der Waals surface area contributed by atoms with Gasteiger partial charge in [0.2, 0.25) is 5.91 Å².